The van der Waals surface area contributed by atoms with Crippen LogP contribution in [0.2, 0.25) is 0 Å². The van der Waals surface area contributed by atoms with E-state index in [2.05, 4.69) is 181 Å². The lowest BCUT2D eigenvalue weighted by Crippen LogP contribution is -2.09. The molecule has 0 spiro atoms. The van der Waals surface area contributed by atoms with Crippen molar-refractivity contribution in [2.75, 3.05) is 4.90 Å². The van der Waals surface area contributed by atoms with Crippen LogP contribution in [0.4, 0.5) is 17.1 Å². The minimum atomic E-state index is 1.13. The SMILES string of the molecule is c1ccc(N(c2ccc(-c3cccc4ccc5c6ccccc6ccc5c34)cc2)c2ccc3sc4c5ccccc5ccc4c3c2)cc1. The fraction of sp³-hybridized carbons (Fsp3) is 0. The van der Waals surface area contributed by atoms with E-state index >= 15 is 0 Å². The third-order valence-electron chi connectivity index (χ3n) is 9.82. The Kier molecular flexibility index (Phi) is 6.12. The fourth-order valence-electron chi connectivity index (χ4n) is 7.56. The molecule has 9 aromatic carbocycles. The van der Waals surface area contributed by atoms with E-state index in [0.717, 1.165) is 17.1 Å². The van der Waals surface area contributed by atoms with Gasteiger partial charge in [-0.2, -0.15) is 0 Å². The second kappa shape index (κ2) is 10.8. The van der Waals surface area contributed by atoms with E-state index in [0.29, 0.717) is 0 Å². The summed E-state index contributed by atoms with van der Waals surface area (Å²) in [5.41, 5.74) is 5.88. The van der Waals surface area contributed by atoms with Crippen molar-refractivity contribution in [3.05, 3.63) is 176 Å². The summed E-state index contributed by atoms with van der Waals surface area (Å²) in [6.07, 6.45) is 0. The predicted molar refractivity (Wildman–Crippen MR) is 209 cm³/mol. The van der Waals surface area contributed by atoms with Gasteiger partial charge in [0.05, 0.1) is 0 Å². The molecule has 0 atom stereocenters. The maximum absolute atomic E-state index is 2.37. The molecule has 0 N–H and O–H groups in total. The number of nitrogens with zero attached hydrogens (tertiary/aromatic N) is 1. The molecule has 10 aromatic rings. The highest BCUT2D eigenvalue weighted by Gasteiger charge is 2.16. The second-order valence-electron chi connectivity index (χ2n) is 12.5. The largest absolute Gasteiger partial charge is 0.310 e. The van der Waals surface area contributed by atoms with Crippen molar-refractivity contribution in [2.24, 2.45) is 0 Å². The highest BCUT2D eigenvalue weighted by Crippen LogP contribution is 2.43. The molecule has 10 rings (SSSR count). The number of fused-ring (bicyclic) bond motifs is 10. The molecule has 1 heterocycles. The topological polar surface area (TPSA) is 3.24 Å². The molecule has 0 bridgehead atoms. The zero-order valence-electron chi connectivity index (χ0n) is 26.1. The van der Waals surface area contributed by atoms with Crippen LogP contribution in [0.5, 0.6) is 0 Å². The molecule has 0 unspecified atom stereocenters. The van der Waals surface area contributed by atoms with Gasteiger partial charge in [-0.25, -0.2) is 0 Å². The van der Waals surface area contributed by atoms with Gasteiger partial charge in [-0.1, -0.05) is 133 Å². The average Bonchev–Trinajstić information content (AvgIpc) is 3.54. The number of thiophene rings is 1. The first-order chi connectivity index (χ1) is 23.8. The normalized spacial score (nSPS) is 11.8. The van der Waals surface area contributed by atoms with Crippen LogP contribution in [0, 0.1) is 0 Å². The summed E-state index contributed by atoms with van der Waals surface area (Å²) in [5.74, 6) is 0. The first-order valence-electron chi connectivity index (χ1n) is 16.4. The molecule has 48 heavy (non-hydrogen) atoms. The Bertz CT molecular complexity index is 2830. The average molecular weight is 628 g/mol. The smallest absolute Gasteiger partial charge is 0.0468 e. The summed E-state index contributed by atoms with van der Waals surface area (Å²) in [7, 11) is 0. The van der Waals surface area contributed by atoms with E-state index in [-0.39, 0.29) is 0 Å². The molecule has 224 valence electrons. The quantitative estimate of drug-likeness (QED) is 0.176. The number of anilines is 3. The van der Waals surface area contributed by atoms with Gasteiger partial charge in [0, 0.05) is 37.2 Å². The molecule has 0 saturated heterocycles. The first kappa shape index (κ1) is 27.2. The molecule has 0 saturated carbocycles. The lowest BCUT2D eigenvalue weighted by molar-refractivity contribution is 1.29. The Balaban J connectivity index is 1.12. The number of hydrogen-bond acceptors (Lipinski definition) is 2. The molecule has 0 aliphatic carbocycles. The zero-order chi connectivity index (χ0) is 31.6. The molecule has 0 aliphatic heterocycles. The van der Waals surface area contributed by atoms with Gasteiger partial charge in [0.15, 0.2) is 0 Å². The van der Waals surface area contributed by atoms with Gasteiger partial charge in [0.2, 0.25) is 0 Å². The van der Waals surface area contributed by atoms with Gasteiger partial charge >= 0.3 is 0 Å². The van der Waals surface area contributed by atoms with E-state index in [1.165, 1.54) is 74.4 Å². The molecular weight excluding hydrogens is 599 g/mol. The number of benzene rings is 9. The van der Waals surface area contributed by atoms with Crippen LogP contribution in [-0.4, -0.2) is 0 Å². The van der Waals surface area contributed by atoms with Gasteiger partial charge in [-0.3, -0.25) is 0 Å². The molecule has 0 radical (unpaired) electrons. The molecule has 0 fully saturated rings. The standard InChI is InChI=1S/C46H29NS/c1-2-12-34(13-3-1)47(36-24-28-44-43(29-36)42-27-20-31-10-5-7-15-39(31)46(42)48-44)35-22-17-32(18-23-35)38-16-8-11-33-21-25-40-37-14-6-4-9-30(37)19-26-41(40)45(33)38/h1-29H. The van der Waals surface area contributed by atoms with Crippen LogP contribution in [0.3, 0.4) is 0 Å². The number of rotatable bonds is 4. The van der Waals surface area contributed by atoms with Crippen molar-refractivity contribution in [1.29, 1.82) is 0 Å². The summed E-state index contributed by atoms with van der Waals surface area (Å²) < 4.78 is 2.66. The highest BCUT2D eigenvalue weighted by molar-refractivity contribution is 7.26. The summed E-state index contributed by atoms with van der Waals surface area (Å²) in [6, 6.07) is 64.4. The van der Waals surface area contributed by atoms with Gasteiger partial charge in [0.1, 0.15) is 0 Å². The second-order valence-corrected chi connectivity index (χ2v) is 13.6. The van der Waals surface area contributed by atoms with Crippen molar-refractivity contribution < 1.29 is 0 Å². The predicted octanol–water partition coefficient (Wildman–Crippen LogP) is 13.8. The van der Waals surface area contributed by atoms with Crippen LogP contribution < -0.4 is 4.90 Å². The molecule has 0 aliphatic rings. The zero-order valence-corrected chi connectivity index (χ0v) is 26.9. The van der Waals surface area contributed by atoms with Gasteiger partial charge in [-0.05, 0) is 96.7 Å². The number of hydrogen-bond donors (Lipinski definition) is 0. The fourth-order valence-corrected chi connectivity index (χ4v) is 8.78. The molecule has 0 amide bonds. The molecule has 2 heteroatoms. The Hall–Kier alpha value is -5.96. The van der Waals surface area contributed by atoms with Crippen LogP contribution in [0.25, 0.3) is 74.4 Å². The number of para-hydroxylation sites is 1. The van der Waals surface area contributed by atoms with Crippen LogP contribution in [-0.2, 0) is 0 Å². The summed E-state index contributed by atoms with van der Waals surface area (Å²) in [6.45, 7) is 0. The third kappa shape index (κ3) is 4.24. The van der Waals surface area contributed by atoms with E-state index in [1.807, 2.05) is 11.3 Å². The maximum Gasteiger partial charge on any atom is 0.0468 e. The van der Waals surface area contributed by atoms with Crippen molar-refractivity contribution >= 4 is 91.7 Å². The van der Waals surface area contributed by atoms with Crippen molar-refractivity contribution in [1.82, 2.24) is 0 Å². The Morgan fingerprint density at radius 3 is 1.81 bits per heavy atom. The van der Waals surface area contributed by atoms with Crippen molar-refractivity contribution in [2.45, 2.75) is 0 Å². The van der Waals surface area contributed by atoms with Gasteiger partial charge in [-0.15, -0.1) is 11.3 Å². The van der Waals surface area contributed by atoms with Gasteiger partial charge < -0.3 is 4.90 Å². The van der Waals surface area contributed by atoms with Crippen LogP contribution >= 0.6 is 11.3 Å². The van der Waals surface area contributed by atoms with E-state index < -0.39 is 0 Å². The van der Waals surface area contributed by atoms with Crippen molar-refractivity contribution in [3.63, 3.8) is 0 Å². The highest BCUT2D eigenvalue weighted by atomic mass is 32.1. The minimum absolute atomic E-state index is 1.13. The Morgan fingerprint density at radius 1 is 0.354 bits per heavy atom. The minimum Gasteiger partial charge on any atom is -0.310 e. The maximum atomic E-state index is 2.37. The van der Waals surface area contributed by atoms with E-state index in [9.17, 15) is 0 Å². The lowest BCUT2D eigenvalue weighted by Gasteiger charge is -2.26. The summed E-state index contributed by atoms with van der Waals surface area (Å²) in [4.78, 5) is 2.37. The van der Waals surface area contributed by atoms with Gasteiger partial charge in [0.25, 0.3) is 0 Å². The third-order valence-corrected chi connectivity index (χ3v) is 11.0. The molecular formula is C46H29NS. The monoisotopic (exact) mass is 627 g/mol. The van der Waals surface area contributed by atoms with E-state index in [1.54, 1.807) is 0 Å². The lowest BCUT2D eigenvalue weighted by atomic mass is 9.91. The van der Waals surface area contributed by atoms with Crippen molar-refractivity contribution in [3.8, 4) is 11.1 Å². The molecule has 1 nitrogen and oxygen atoms in total. The summed E-state index contributed by atoms with van der Waals surface area (Å²) in [5, 5.41) is 12.9. The van der Waals surface area contributed by atoms with Crippen LogP contribution in [0.1, 0.15) is 0 Å². The first-order valence-corrected chi connectivity index (χ1v) is 17.2. The Labute approximate surface area is 282 Å². The Morgan fingerprint density at radius 2 is 0.979 bits per heavy atom. The molecule has 1 aromatic heterocycles. The summed E-state index contributed by atoms with van der Waals surface area (Å²) >= 11 is 1.89. The van der Waals surface area contributed by atoms with Crippen LogP contribution in [0.15, 0.2) is 176 Å². The van der Waals surface area contributed by atoms with E-state index in [4.69, 9.17) is 0 Å².